The monoisotopic (exact) mass is 516 g/mol. The van der Waals surface area contributed by atoms with Crippen LogP contribution in [0.15, 0.2) is 65.7 Å². The smallest absolute Gasteiger partial charge is 0.234 e. The fourth-order valence-corrected chi connectivity index (χ4v) is 5.91. The topological polar surface area (TPSA) is 59.8 Å². The number of nitrogens with one attached hydrogen (secondary N) is 1. The van der Waals surface area contributed by atoms with Crippen molar-refractivity contribution in [1.82, 2.24) is 14.8 Å². The van der Waals surface area contributed by atoms with Gasteiger partial charge in [-0.05, 0) is 43.4 Å². The van der Waals surface area contributed by atoms with Crippen LogP contribution in [-0.2, 0) is 24.2 Å². The Morgan fingerprint density at radius 1 is 1.08 bits per heavy atom. The lowest BCUT2D eigenvalue weighted by Gasteiger charge is -2.14. The van der Waals surface area contributed by atoms with Crippen molar-refractivity contribution in [3.8, 4) is 22.5 Å². The average molecular weight is 517 g/mol. The first-order valence-electron chi connectivity index (χ1n) is 12.2. The van der Waals surface area contributed by atoms with Gasteiger partial charge in [0.2, 0.25) is 5.91 Å². The maximum Gasteiger partial charge on any atom is 0.234 e. The van der Waals surface area contributed by atoms with E-state index in [0.29, 0.717) is 11.7 Å². The molecule has 0 saturated heterocycles. The molecule has 0 atom stereocenters. The quantitative estimate of drug-likeness (QED) is 0.177. The zero-order valence-electron chi connectivity index (χ0n) is 21.3. The number of carbonyl (C=O) groups excluding carboxylic acids is 1. The average Bonchev–Trinajstić information content (AvgIpc) is 3.46. The maximum atomic E-state index is 12.9. The number of thioether (sulfide) groups is 1. The van der Waals surface area contributed by atoms with Gasteiger partial charge in [-0.3, -0.25) is 9.36 Å². The van der Waals surface area contributed by atoms with Gasteiger partial charge in [0.05, 0.1) is 5.75 Å². The Morgan fingerprint density at radius 3 is 2.42 bits per heavy atom. The molecule has 2 heterocycles. The Hall–Kier alpha value is -3.16. The third-order valence-corrected chi connectivity index (χ3v) is 8.06. The highest BCUT2D eigenvalue weighted by atomic mass is 32.2. The highest BCUT2D eigenvalue weighted by molar-refractivity contribution is 7.99. The van der Waals surface area contributed by atoms with Gasteiger partial charge in [-0.2, -0.15) is 0 Å². The Morgan fingerprint density at radius 2 is 1.78 bits per heavy atom. The number of rotatable bonds is 10. The SMILES string of the molecule is C=CCn1c(SCC(=O)Nc2c(CC)cccc2CC)nnc1-c1csc(C)c1-c1ccc(C)cc1. The van der Waals surface area contributed by atoms with E-state index in [1.54, 1.807) is 11.3 Å². The molecule has 4 rings (SSSR count). The van der Waals surface area contributed by atoms with Crippen LogP contribution in [-0.4, -0.2) is 26.4 Å². The summed E-state index contributed by atoms with van der Waals surface area (Å²) in [6.45, 7) is 12.9. The third kappa shape index (κ3) is 5.47. The first kappa shape index (κ1) is 25.9. The number of thiophene rings is 1. The summed E-state index contributed by atoms with van der Waals surface area (Å²) in [6.07, 6.45) is 3.58. The van der Waals surface area contributed by atoms with Gasteiger partial charge in [0.1, 0.15) is 0 Å². The molecule has 0 radical (unpaired) electrons. The van der Waals surface area contributed by atoms with Crippen molar-refractivity contribution in [1.29, 1.82) is 0 Å². The third-order valence-electron chi connectivity index (χ3n) is 6.18. The molecule has 4 aromatic rings. The van der Waals surface area contributed by atoms with Crippen molar-refractivity contribution >= 4 is 34.7 Å². The number of nitrogens with zero attached hydrogens (tertiary/aromatic N) is 3. The van der Waals surface area contributed by atoms with Crippen LogP contribution >= 0.6 is 23.1 Å². The van der Waals surface area contributed by atoms with Crippen LogP contribution in [0.2, 0.25) is 0 Å². The van der Waals surface area contributed by atoms with Crippen molar-refractivity contribution < 1.29 is 4.79 Å². The number of aromatic nitrogens is 3. The van der Waals surface area contributed by atoms with Crippen LogP contribution in [0.3, 0.4) is 0 Å². The van der Waals surface area contributed by atoms with Crippen molar-refractivity contribution in [2.24, 2.45) is 0 Å². The second-order valence-electron chi connectivity index (χ2n) is 8.65. The number of anilines is 1. The number of carbonyl (C=O) groups is 1. The zero-order valence-corrected chi connectivity index (χ0v) is 22.9. The number of para-hydroxylation sites is 1. The van der Waals surface area contributed by atoms with Gasteiger partial charge in [-0.25, -0.2) is 0 Å². The molecule has 36 heavy (non-hydrogen) atoms. The molecule has 7 heteroatoms. The van der Waals surface area contributed by atoms with Crippen LogP contribution in [0.4, 0.5) is 5.69 Å². The zero-order chi connectivity index (χ0) is 25.7. The molecule has 5 nitrogen and oxygen atoms in total. The molecule has 0 aliphatic heterocycles. The number of hydrogen-bond acceptors (Lipinski definition) is 5. The van der Waals surface area contributed by atoms with Crippen LogP contribution in [0, 0.1) is 13.8 Å². The number of allylic oxidation sites excluding steroid dienone is 1. The minimum absolute atomic E-state index is 0.0444. The summed E-state index contributed by atoms with van der Waals surface area (Å²) < 4.78 is 2.04. The van der Waals surface area contributed by atoms with Gasteiger partial charge >= 0.3 is 0 Å². The first-order chi connectivity index (χ1) is 17.5. The van der Waals surface area contributed by atoms with E-state index in [4.69, 9.17) is 0 Å². The molecular formula is C29H32N4OS2. The first-order valence-corrected chi connectivity index (χ1v) is 14.1. The lowest BCUT2D eigenvalue weighted by Crippen LogP contribution is -2.17. The minimum Gasteiger partial charge on any atom is -0.325 e. The van der Waals surface area contributed by atoms with Crippen molar-refractivity contribution in [2.45, 2.75) is 52.2 Å². The summed E-state index contributed by atoms with van der Waals surface area (Å²) in [5.74, 6) is 1.00. The van der Waals surface area contributed by atoms with Crippen LogP contribution in [0.1, 0.15) is 35.4 Å². The predicted octanol–water partition coefficient (Wildman–Crippen LogP) is 7.33. The van der Waals surface area contributed by atoms with Crippen LogP contribution < -0.4 is 5.32 Å². The molecule has 0 unspecified atom stereocenters. The van der Waals surface area contributed by atoms with E-state index in [1.165, 1.54) is 27.8 Å². The fourth-order valence-electron chi connectivity index (χ4n) is 4.30. The lowest BCUT2D eigenvalue weighted by atomic mass is 10.0. The molecule has 1 amide bonds. The molecule has 1 N–H and O–H groups in total. The Labute approximate surface area is 221 Å². The maximum absolute atomic E-state index is 12.9. The minimum atomic E-state index is -0.0444. The van der Waals surface area contributed by atoms with Gasteiger partial charge in [-0.15, -0.1) is 28.1 Å². The van der Waals surface area contributed by atoms with E-state index in [9.17, 15) is 4.79 Å². The van der Waals surface area contributed by atoms with Gasteiger partial charge < -0.3 is 5.32 Å². The molecule has 0 aliphatic carbocycles. The molecule has 0 aliphatic rings. The fraction of sp³-hybridized carbons (Fsp3) is 0.276. The Kier molecular flexibility index (Phi) is 8.44. The molecule has 0 bridgehead atoms. The summed E-state index contributed by atoms with van der Waals surface area (Å²) in [5.41, 5.74) is 7.87. The molecular weight excluding hydrogens is 484 g/mol. The van der Waals surface area contributed by atoms with Gasteiger partial charge in [0.25, 0.3) is 0 Å². The standard InChI is InChI=1S/C29H32N4OS2/c1-6-16-33-28(24-17-35-20(5)26(24)23-14-12-19(4)13-15-23)31-32-29(33)36-18-25(34)30-27-21(7-2)10-9-11-22(27)8-3/h6,9-15,17H,1,7-8,16,18H2,2-5H3,(H,30,34). The van der Waals surface area contributed by atoms with E-state index in [1.807, 2.05) is 10.6 Å². The van der Waals surface area contributed by atoms with Crippen molar-refractivity contribution in [3.63, 3.8) is 0 Å². The number of benzene rings is 2. The summed E-state index contributed by atoms with van der Waals surface area (Å²) in [7, 11) is 0. The molecule has 2 aromatic carbocycles. The van der Waals surface area contributed by atoms with Gasteiger partial charge in [-0.1, -0.05) is 79.7 Å². The van der Waals surface area contributed by atoms with E-state index in [-0.39, 0.29) is 11.7 Å². The van der Waals surface area contributed by atoms with Gasteiger partial charge in [0.15, 0.2) is 11.0 Å². The molecule has 2 aromatic heterocycles. The summed E-state index contributed by atoms with van der Waals surface area (Å²) in [6, 6.07) is 14.8. The largest absolute Gasteiger partial charge is 0.325 e. The Bertz CT molecular complexity index is 1350. The molecule has 186 valence electrons. The van der Waals surface area contributed by atoms with Crippen molar-refractivity contribution in [2.75, 3.05) is 11.1 Å². The van der Waals surface area contributed by atoms with E-state index >= 15 is 0 Å². The van der Waals surface area contributed by atoms with Gasteiger partial charge in [0, 0.05) is 33.6 Å². The normalized spacial score (nSPS) is 11.0. The number of aryl methyl sites for hydroxylation is 4. The second-order valence-corrected chi connectivity index (χ2v) is 10.7. The Balaban J connectivity index is 1.58. The van der Waals surface area contributed by atoms with Crippen LogP contribution in [0.5, 0.6) is 0 Å². The summed E-state index contributed by atoms with van der Waals surface area (Å²) in [4.78, 5) is 14.2. The lowest BCUT2D eigenvalue weighted by molar-refractivity contribution is -0.113. The predicted molar refractivity (Wildman–Crippen MR) is 153 cm³/mol. The molecule has 0 spiro atoms. The van der Waals surface area contributed by atoms with Crippen molar-refractivity contribution in [3.05, 3.63) is 82.1 Å². The summed E-state index contributed by atoms with van der Waals surface area (Å²) in [5, 5.41) is 15.0. The highest BCUT2D eigenvalue weighted by Crippen LogP contribution is 2.39. The van der Waals surface area contributed by atoms with E-state index in [0.717, 1.165) is 46.6 Å². The van der Waals surface area contributed by atoms with E-state index in [2.05, 4.69) is 97.6 Å². The highest BCUT2D eigenvalue weighted by Gasteiger charge is 2.21. The second kappa shape index (κ2) is 11.7. The van der Waals surface area contributed by atoms with E-state index < -0.39 is 0 Å². The van der Waals surface area contributed by atoms with Crippen LogP contribution in [0.25, 0.3) is 22.5 Å². The number of amides is 1. The number of hydrogen-bond donors (Lipinski definition) is 1. The summed E-state index contributed by atoms with van der Waals surface area (Å²) >= 11 is 3.11. The molecule has 0 saturated carbocycles. The molecule has 0 fully saturated rings.